The zero-order valence-electron chi connectivity index (χ0n) is 14.6. The molecule has 1 aromatic heterocycles. The van der Waals surface area contributed by atoms with Crippen LogP contribution >= 0.6 is 11.8 Å². The van der Waals surface area contributed by atoms with Crippen LogP contribution < -0.4 is 5.32 Å². The molecule has 27 heavy (non-hydrogen) atoms. The van der Waals surface area contributed by atoms with Crippen LogP contribution in [0.1, 0.15) is 12.8 Å². The second-order valence-electron chi connectivity index (χ2n) is 6.35. The average Bonchev–Trinajstić information content (AvgIpc) is 2.91. The van der Waals surface area contributed by atoms with Crippen LogP contribution in [-0.4, -0.2) is 59.3 Å². The molecule has 1 aromatic carbocycles. The highest BCUT2D eigenvalue weighted by Gasteiger charge is 2.26. The summed E-state index contributed by atoms with van der Waals surface area (Å²) >= 11 is 0.307. The number of amides is 1. The van der Waals surface area contributed by atoms with Gasteiger partial charge in [-0.05, 0) is 36.7 Å². The number of hydrogen-bond donors (Lipinski definition) is 1. The summed E-state index contributed by atoms with van der Waals surface area (Å²) in [5.74, 6) is -2.95. The maximum absolute atomic E-state index is 12.8. The number of imidazole rings is 1. The van der Waals surface area contributed by atoms with Gasteiger partial charge in [0.05, 0.1) is 17.3 Å². The topological polar surface area (TPSA) is 84.3 Å². The van der Waals surface area contributed by atoms with Crippen molar-refractivity contribution >= 4 is 38.7 Å². The second kappa shape index (κ2) is 8.11. The Labute approximate surface area is 160 Å². The normalized spacial score (nSPS) is 16.9. The van der Waals surface area contributed by atoms with Crippen LogP contribution in [0.5, 0.6) is 0 Å². The van der Waals surface area contributed by atoms with Gasteiger partial charge in [-0.1, -0.05) is 12.1 Å². The molecule has 0 saturated carbocycles. The number of aromatic nitrogens is 2. The Hall–Kier alpha value is -1.72. The maximum atomic E-state index is 12.8. The van der Waals surface area contributed by atoms with E-state index >= 15 is 0 Å². The smallest absolute Gasteiger partial charge is 0.291 e. The standard InChI is InChI=1S/C16H20F2N4O3S2/c1-27(24,25)21-8-6-11(7-9-21)19-14(23)10-22-13-5-3-2-4-12(13)20-16(22)26-15(17)18/h2-5,11,15H,6-10H2,1H3,(H,19,23). The van der Waals surface area contributed by atoms with Crippen LogP contribution in [-0.2, 0) is 21.4 Å². The number of rotatable bonds is 6. The number of thioether (sulfide) groups is 1. The van der Waals surface area contributed by atoms with Gasteiger partial charge in [-0.2, -0.15) is 8.78 Å². The molecule has 11 heteroatoms. The number of benzene rings is 1. The van der Waals surface area contributed by atoms with Gasteiger partial charge in [0.25, 0.3) is 5.76 Å². The molecule has 1 amide bonds. The van der Waals surface area contributed by atoms with Crippen molar-refractivity contribution in [1.82, 2.24) is 19.2 Å². The maximum Gasteiger partial charge on any atom is 0.291 e. The summed E-state index contributed by atoms with van der Waals surface area (Å²) in [5, 5.41) is 2.96. The number of carbonyl (C=O) groups is 1. The first-order chi connectivity index (χ1) is 12.7. The Bertz CT molecular complexity index is 925. The Balaban J connectivity index is 1.68. The van der Waals surface area contributed by atoms with E-state index < -0.39 is 15.8 Å². The summed E-state index contributed by atoms with van der Waals surface area (Å²) in [6.07, 6.45) is 2.20. The highest BCUT2D eigenvalue weighted by Crippen LogP contribution is 2.28. The molecule has 1 N–H and O–H groups in total. The van der Waals surface area contributed by atoms with E-state index in [1.807, 2.05) is 0 Å². The first-order valence-corrected chi connectivity index (χ1v) is 11.1. The predicted octanol–water partition coefficient (Wildman–Crippen LogP) is 1.89. The molecule has 1 fully saturated rings. The van der Waals surface area contributed by atoms with Crippen LogP contribution in [0.3, 0.4) is 0 Å². The summed E-state index contributed by atoms with van der Waals surface area (Å²) in [6.45, 7) is 0.580. The van der Waals surface area contributed by atoms with Gasteiger partial charge in [0.1, 0.15) is 6.54 Å². The molecule has 0 bridgehead atoms. The van der Waals surface area contributed by atoms with Gasteiger partial charge in [0.2, 0.25) is 15.9 Å². The van der Waals surface area contributed by atoms with Crippen molar-refractivity contribution in [3.63, 3.8) is 0 Å². The van der Waals surface area contributed by atoms with E-state index in [1.165, 1.54) is 8.87 Å². The lowest BCUT2D eigenvalue weighted by Crippen LogP contribution is -2.46. The fourth-order valence-corrected chi connectivity index (χ4v) is 4.60. The molecule has 1 aliphatic heterocycles. The third kappa shape index (κ3) is 4.96. The molecule has 1 aliphatic rings. The third-order valence-electron chi connectivity index (χ3n) is 4.40. The van der Waals surface area contributed by atoms with Crippen molar-refractivity contribution in [3.05, 3.63) is 24.3 Å². The minimum Gasteiger partial charge on any atom is -0.352 e. The minimum absolute atomic E-state index is 0.0910. The largest absolute Gasteiger partial charge is 0.352 e. The number of nitrogens with one attached hydrogen (secondary N) is 1. The number of para-hydroxylation sites is 2. The lowest BCUT2D eigenvalue weighted by molar-refractivity contribution is -0.122. The van der Waals surface area contributed by atoms with E-state index in [0.29, 0.717) is 48.7 Å². The van der Waals surface area contributed by atoms with Crippen LogP contribution in [0.25, 0.3) is 11.0 Å². The summed E-state index contributed by atoms with van der Waals surface area (Å²) < 4.78 is 51.6. The molecule has 3 rings (SSSR count). The van der Waals surface area contributed by atoms with E-state index in [1.54, 1.807) is 24.3 Å². The molecule has 0 atom stereocenters. The number of hydrogen-bond acceptors (Lipinski definition) is 5. The van der Waals surface area contributed by atoms with Gasteiger partial charge in [0, 0.05) is 19.1 Å². The quantitative estimate of drug-likeness (QED) is 0.725. The van der Waals surface area contributed by atoms with E-state index in [2.05, 4.69) is 10.3 Å². The van der Waals surface area contributed by atoms with E-state index in [9.17, 15) is 22.0 Å². The molecular formula is C16H20F2N4O3S2. The van der Waals surface area contributed by atoms with E-state index in [4.69, 9.17) is 0 Å². The zero-order chi connectivity index (χ0) is 19.6. The van der Waals surface area contributed by atoms with Crippen molar-refractivity contribution in [2.24, 2.45) is 0 Å². The van der Waals surface area contributed by atoms with Gasteiger partial charge < -0.3 is 9.88 Å². The highest BCUT2D eigenvalue weighted by atomic mass is 32.2. The first-order valence-electron chi connectivity index (χ1n) is 8.38. The Morgan fingerprint density at radius 2 is 2.00 bits per heavy atom. The molecule has 0 spiro atoms. The van der Waals surface area contributed by atoms with Gasteiger partial charge in [-0.3, -0.25) is 4.79 Å². The van der Waals surface area contributed by atoms with E-state index in [-0.39, 0.29) is 23.7 Å². The summed E-state index contributed by atoms with van der Waals surface area (Å²) in [6, 6.07) is 6.81. The Kier molecular flexibility index (Phi) is 6.02. The second-order valence-corrected chi connectivity index (χ2v) is 9.29. The Morgan fingerprint density at radius 1 is 1.33 bits per heavy atom. The average molecular weight is 418 g/mol. The summed E-state index contributed by atoms with van der Waals surface area (Å²) in [4.78, 5) is 16.6. The van der Waals surface area contributed by atoms with Crippen LogP contribution in [0.4, 0.5) is 8.78 Å². The van der Waals surface area contributed by atoms with Crippen LogP contribution in [0.15, 0.2) is 29.4 Å². The number of carbonyl (C=O) groups excluding carboxylic acids is 1. The molecule has 0 aliphatic carbocycles. The number of nitrogens with zero attached hydrogens (tertiary/aromatic N) is 3. The summed E-state index contributed by atoms with van der Waals surface area (Å²) in [7, 11) is -3.23. The summed E-state index contributed by atoms with van der Waals surface area (Å²) in [5.41, 5.74) is 1.16. The van der Waals surface area contributed by atoms with Gasteiger partial charge in [0.15, 0.2) is 5.16 Å². The molecule has 0 radical (unpaired) electrons. The van der Waals surface area contributed by atoms with Crippen molar-refractivity contribution in [2.75, 3.05) is 19.3 Å². The molecule has 2 heterocycles. The van der Waals surface area contributed by atoms with Gasteiger partial charge >= 0.3 is 0 Å². The van der Waals surface area contributed by atoms with Crippen molar-refractivity contribution in [1.29, 1.82) is 0 Å². The van der Waals surface area contributed by atoms with Crippen molar-refractivity contribution in [2.45, 2.75) is 36.3 Å². The van der Waals surface area contributed by atoms with Crippen LogP contribution in [0, 0.1) is 0 Å². The molecule has 1 saturated heterocycles. The van der Waals surface area contributed by atoms with Crippen molar-refractivity contribution < 1.29 is 22.0 Å². The SMILES string of the molecule is CS(=O)(=O)N1CCC(NC(=O)Cn2c(SC(F)F)nc3ccccc32)CC1. The molecule has 148 valence electrons. The minimum atomic E-state index is -3.23. The monoisotopic (exact) mass is 418 g/mol. The lowest BCUT2D eigenvalue weighted by atomic mass is 10.1. The van der Waals surface area contributed by atoms with Gasteiger partial charge in [-0.25, -0.2) is 17.7 Å². The number of fused-ring (bicyclic) bond motifs is 1. The van der Waals surface area contributed by atoms with Crippen LogP contribution in [0.2, 0.25) is 0 Å². The van der Waals surface area contributed by atoms with E-state index in [0.717, 1.165) is 6.26 Å². The third-order valence-corrected chi connectivity index (χ3v) is 6.41. The highest BCUT2D eigenvalue weighted by molar-refractivity contribution is 7.99. The predicted molar refractivity (Wildman–Crippen MR) is 99.2 cm³/mol. The fraction of sp³-hybridized carbons (Fsp3) is 0.500. The molecule has 2 aromatic rings. The number of alkyl halides is 2. The molecule has 7 nitrogen and oxygen atoms in total. The van der Waals surface area contributed by atoms with Crippen molar-refractivity contribution in [3.8, 4) is 0 Å². The Morgan fingerprint density at radius 3 is 2.63 bits per heavy atom. The number of sulfonamides is 1. The number of halogens is 2. The fourth-order valence-electron chi connectivity index (χ4n) is 3.12. The molecule has 0 unspecified atom stereocenters. The number of piperidine rings is 1. The first kappa shape index (κ1) is 20.0. The lowest BCUT2D eigenvalue weighted by Gasteiger charge is -2.30. The van der Waals surface area contributed by atoms with Gasteiger partial charge in [-0.15, -0.1) is 0 Å². The zero-order valence-corrected chi connectivity index (χ0v) is 16.3. The molecular weight excluding hydrogens is 398 g/mol.